The van der Waals surface area contributed by atoms with Crippen LogP contribution in [-0.2, 0) is 35.2 Å². The molecule has 0 aromatic heterocycles. The van der Waals surface area contributed by atoms with E-state index in [1.807, 2.05) is 58.9 Å². The van der Waals surface area contributed by atoms with Gasteiger partial charge < -0.3 is 14.5 Å². The molecule has 1 amide bonds. The molecule has 1 aliphatic heterocycles. The van der Waals surface area contributed by atoms with Crippen molar-refractivity contribution in [2.24, 2.45) is 0 Å². The quantitative estimate of drug-likeness (QED) is 0.134. The van der Waals surface area contributed by atoms with E-state index in [0.717, 1.165) is 49.4 Å². The summed E-state index contributed by atoms with van der Waals surface area (Å²) in [4.78, 5) is 17.9. The molecule has 0 bridgehead atoms. The van der Waals surface area contributed by atoms with E-state index in [2.05, 4.69) is 79.0 Å². The van der Waals surface area contributed by atoms with Gasteiger partial charge in [-0.25, -0.2) is 9.00 Å². The molecule has 6 nitrogen and oxygen atoms in total. The average molecular weight is 756 g/mol. The normalized spacial score (nSPS) is 14.0. The minimum absolute atomic E-state index is 0. The summed E-state index contributed by atoms with van der Waals surface area (Å²) in [5.74, 6) is 0. The maximum Gasteiger partial charge on any atom is 1.00 e. The molecular weight excluding hydrogens is 711 g/mol. The number of carbonyl (C=O) groups is 1. The first-order chi connectivity index (χ1) is 22.1. The standard InChI is InChI=1S/C38H44N3O3S.Cs/c1-2-13-32-20-22-37(23-21-32)45(43)41(35-18-10-5-11-19-35)36-24-27-40(28-25-36)38(42)44-29-12-26-39(30-33-14-6-3-7-15-33)31-34-16-8-4-9-17-34;/h3-11,14-23,26,36H,2,12-13,24-25,27-31H2,1H3;/q-1;+1. The molecule has 0 radical (unpaired) electrons. The fourth-order valence-electron chi connectivity index (χ4n) is 5.77. The SMILES string of the molecule is CCCc1ccc(S(=O)N(c2ccccc2)C2CCN(C(=O)OCC[CH-]N(Cc3ccccc3)Cc3ccccc3)CC2)cc1.[Cs+]. The Labute approximate surface area is 336 Å². The predicted octanol–water partition coefficient (Wildman–Crippen LogP) is 5.03. The van der Waals surface area contributed by atoms with Crippen LogP contribution in [0, 0.1) is 6.54 Å². The van der Waals surface area contributed by atoms with E-state index in [9.17, 15) is 9.00 Å². The van der Waals surface area contributed by atoms with E-state index in [-0.39, 0.29) is 81.0 Å². The van der Waals surface area contributed by atoms with Gasteiger partial charge in [-0.05, 0) is 73.3 Å². The third-order valence-corrected chi connectivity index (χ3v) is 9.64. The molecule has 1 saturated heterocycles. The number of piperidine rings is 1. The van der Waals surface area contributed by atoms with E-state index < -0.39 is 11.0 Å². The summed E-state index contributed by atoms with van der Waals surface area (Å²) in [6.07, 6.45) is 3.90. The Bertz CT molecular complexity index is 1430. The molecule has 1 aliphatic rings. The molecule has 236 valence electrons. The van der Waals surface area contributed by atoms with Gasteiger partial charge in [-0.3, -0.25) is 10.8 Å². The number of anilines is 1. The van der Waals surface area contributed by atoms with E-state index in [0.29, 0.717) is 26.1 Å². The second-order valence-corrected chi connectivity index (χ2v) is 12.8. The molecule has 1 fully saturated rings. The minimum atomic E-state index is -1.35. The molecular formula is C38H44CsN3O3S. The van der Waals surface area contributed by atoms with E-state index in [4.69, 9.17) is 4.74 Å². The van der Waals surface area contributed by atoms with Crippen molar-refractivity contribution in [3.05, 3.63) is 138 Å². The van der Waals surface area contributed by atoms with Crippen LogP contribution in [0.25, 0.3) is 0 Å². The number of carbonyl (C=O) groups excluding carboxylic acids is 1. The molecule has 4 aromatic rings. The van der Waals surface area contributed by atoms with Crippen LogP contribution in [0.5, 0.6) is 0 Å². The van der Waals surface area contributed by atoms with Crippen LogP contribution in [0.4, 0.5) is 10.5 Å². The Kier molecular flexibility index (Phi) is 15.9. The van der Waals surface area contributed by atoms with Gasteiger partial charge >= 0.3 is 75.0 Å². The number of rotatable bonds is 14. The van der Waals surface area contributed by atoms with Gasteiger partial charge in [0.15, 0.2) is 11.0 Å². The van der Waals surface area contributed by atoms with Crippen molar-refractivity contribution in [1.82, 2.24) is 9.80 Å². The Morgan fingerprint density at radius 1 is 0.804 bits per heavy atom. The minimum Gasteiger partial charge on any atom is -0.452 e. The maximum atomic E-state index is 13.9. The van der Waals surface area contributed by atoms with Crippen molar-refractivity contribution in [3.63, 3.8) is 0 Å². The van der Waals surface area contributed by atoms with Crippen LogP contribution in [-0.4, -0.2) is 45.8 Å². The van der Waals surface area contributed by atoms with Crippen molar-refractivity contribution in [2.45, 2.75) is 63.1 Å². The molecule has 0 aliphatic carbocycles. The first-order valence-corrected chi connectivity index (χ1v) is 17.1. The molecule has 0 spiro atoms. The van der Waals surface area contributed by atoms with Gasteiger partial charge in [0, 0.05) is 24.8 Å². The Morgan fingerprint density at radius 2 is 1.35 bits per heavy atom. The Morgan fingerprint density at radius 3 is 1.89 bits per heavy atom. The topological polar surface area (TPSA) is 53.1 Å². The fourth-order valence-corrected chi connectivity index (χ4v) is 7.16. The van der Waals surface area contributed by atoms with Crippen LogP contribution >= 0.6 is 0 Å². The van der Waals surface area contributed by atoms with Gasteiger partial charge in [0.25, 0.3) is 0 Å². The van der Waals surface area contributed by atoms with Gasteiger partial charge in [-0.1, -0.05) is 104 Å². The second-order valence-electron chi connectivity index (χ2n) is 11.5. The molecule has 4 aromatic carbocycles. The smallest absolute Gasteiger partial charge is 0.452 e. The number of para-hydroxylation sites is 1. The van der Waals surface area contributed by atoms with Gasteiger partial charge in [0.05, 0.1) is 11.5 Å². The monoisotopic (exact) mass is 755 g/mol. The summed E-state index contributed by atoms with van der Waals surface area (Å²) in [6, 6.07) is 39.0. The number of benzene rings is 4. The summed E-state index contributed by atoms with van der Waals surface area (Å²) in [6.45, 7) is 7.35. The molecule has 5 rings (SSSR count). The van der Waals surface area contributed by atoms with Crippen molar-refractivity contribution in [1.29, 1.82) is 0 Å². The van der Waals surface area contributed by atoms with Gasteiger partial charge in [-0.15, -0.1) is 6.42 Å². The molecule has 8 heteroatoms. The number of hydrogen-bond acceptors (Lipinski definition) is 4. The maximum absolute atomic E-state index is 13.9. The summed E-state index contributed by atoms with van der Waals surface area (Å²) >= 11 is 0. The fraction of sp³-hybridized carbons (Fsp3) is 0.316. The third-order valence-electron chi connectivity index (χ3n) is 8.09. The summed E-state index contributed by atoms with van der Waals surface area (Å²) < 4.78 is 21.7. The van der Waals surface area contributed by atoms with Crippen LogP contribution in [0.2, 0.25) is 0 Å². The van der Waals surface area contributed by atoms with Crippen LogP contribution in [0.3, 0.4) is 0 Å². The van der Waals surface area contributed by atoms with Gasteiger partial charge in [0.1, 0.15) is 0 Å². The van der Waals surface area contributed by atoms with Gasteiger partial charge in [0.2, 0.25) is 0 Å². The van der Waals surface area contributed by atoms with Crippen molar-refractivity contribution in [3.8, 4) is 0 Å². The van der Waals surface area contributed by atoms with Crippen molar-refractivity contribution in [2.75, 3.05) is 24.0 Å². The molecule has 1 atom stereocenters. The molecule has 1 unspecified atom stereocenters. The van der Waals surface area contributed by atoms with E-state index >= 15 is 0 Å². The van der Waals surface area contributed by atoms with Crippen molar-refractivity contribution < 1.29 is 82.6 Å². The summed E-state index contributed by atoms with van der Waals surface area (Å²) in [7, 11) is -1.35. The Hall–Kier alpha value is -1.89. The van der Waals surface area contributed by atoms with Crippen LogP contribution < -0.4 is 73.2 Å². The summed E-state index contributed by atoms with van der Waals surface area (Å²) in [5.41, 5.74) is 4.67. The predicted molar refractivity (Wildman–Crippen MR) is 183 cm³/mol. The number of ether oxygens (including phenoxy) is 1. The molecule has 1 heterocycles. The number of hydrogen-bond donors (Lipinski definition) is 0. The van der Waals surface area contributed by atoms with Crippen LogP contribution in [0.1, 0.15) is 49.3 Å². The van der Waals surface area contributed by atoms with Crippen LogP contribution in [0.15, 0.2) is 120 Å². The number of nitrogens with zero attached hydrogens (tertiary/aromatic N) is 3. The molecule has 0 saturated carbocycles. The average Bonchev–Trinajstić information content (AvgIpc) is 3.09. The second kappa shape index (κ2) is 19.8. The van der Waals surface area contributed by atoms with E-state index in [1.54, 1.807) is 4.90 Å². The largest absolute Gasteiger partial charge is 1.00 e. The first-order valence-electron chi connectivity index (χ1n) is 16.0. The zero-order valence-corrected chi connectivity index (χ0v) is 34.3. The first kappa shape index (κ1) is 36.9. The Balaban J connectivity index is 0.00000480. The molecule has 0 N–H and O–H groups in total. The zero-order valence-electron chi connectivity index (χ0n) is 27.2. The molecule has 46 heavy (non-hydrogen) atoms. The third kappa shape index (κ3) is 11.1. The number of likely N-dealkylation sites (tertiary alicyclic amines) is 1. The van der Waals surface area contributed by atoms with E-state index in [1.165, 1.54) is 16.7 Å². The zero-order chi connectivity index (χ0) is 31.3. The van der Waals surface area contributed by atoms with Gasteiger partial charge in [-0.2, -0.15) is 0 Å². The number of amides is 1. The number of aryl methyl sites for hydroxylation is 1. The summed E-state index contributed by atoms with van der Waals surface area (Å²) in [5, 5.41) is 0. The van der Waals surface area contributed by atoms with Crippen molar-refractivity contribution >= 4 is 22.8 Å².